The van der Waals surface area contributed by atoms with Crippen molar-refractivity contribution in [3.8, 4) is 34.4 Å². The highest BCUT2D eigenvalue weighted by atomic mass is 32.1. The van der Waals surface area contributed by atoms with Crippen LogP contribution in [0.4, 0.5) is 11.5 Å². The van der Waals surface area contributed by atoms with Crippen LogP contribution in [0.2, 0.25) is 0 Å². The Hall–Kier alpha value is -3.71. The van der Waals surface area contributed by atoms with Gasteiger partial charge in [0.05, 0.1) is 32.4 Å². The molecule has 1 amide bonds. The molecule has 9 nitrogen and oxygen atoms in total. The molecule has 0 aliphatic heterocycles. The van der Waals surface area contributed by atoms with Crippen LogP contribution in [0.1, 0.15) is 15.2 Å². The van der Waals surface area contributed by atoms with Crippen molar-refractivity contribution >= 4 is 39.0 Å². The zero-order valence-corrected chi connectivity index (χ0v) is 16.2. The zero-order chi connectivity index (χ0) is 20.6. The summed E-state index contributed by atoms with van der Waals surface area (Å²) in [7, 11) is 4.46. The standard InChI is InChI=1S/C18H17N5O4S/c1-25-9-4-7(5-10(26-2)14(9)27-3)11-8(6-19)16(21)23-18-12(11)13(20)15(28-18)17(22)24/h4-5H,20H2,1-3H3,(H2,21,23)(H2,22,24)/p+1. The van der Waals surface area contributed by atoms with Gasteiger partial charge < -0.3 is 25.7 Å². The van der Waals surface area contributed by atoms with E-state index in [1.165, 1.54) is 21.3 Å². The lowest BCUT2D eigenvalue weighted by Gasteiger charge is -2.15. The van der Waals surface area contributed by atoms with E-state index < -0.39 is 5.91 Å². The summed E-state index contributed by atoms with van der Waals surface area (Å²) in [6, 6.07) is 5.44. The smallest absolute Gasteiger partial charge is 0.290 e. The molecule has 0 bridgehead atoms. The number of nitrogens with zero attached hydrogens (tertiary/aromatic N) is 1. The van der Waals surface area contributed by atoms with Crippen LogP contribution >= 0.6 is 11.3 Å². The molecule has 0 aliphatic rings. The Bertz CT molecular complexity index is 1120. The lowest BCUT2D eigenvalue weighted by atomic mass is 9.96. The molecule has 1 aromatic carbocycles. The van der Waals surface area contributed by atoms with Gasteiger partial charge in [-0.15, -0.1) is 0 Å². The highest BCUT2D eigenvalue weighted by Crippen LogP contribution is 2.46. The van der Waals surface area contributed by atoms with Crippen LogP contribution in [0.5, 0.6) is 17.2 Å². The number of anilines is 2. The predicted octanol–water partition coefficient (Wildman–Crippen LogP) is 1.54. The van der Waals surface area contributed by atoms with Crippen molar-refractivity contribution in [2.75, 3.05) is 32.8 Å². The van der Waals surface area contributed by atoms with E-state index in [9.17, 15) is 10.1 Å². The fourth-order valence-electron chi connectivity index (χ4n) is 3.04. The summed E-state index contributed by atoms with van der Waals surface area (Å²) in [6.45, 7) is 0. The molecule has 144 valence electrons. The summed E-state index contributed by atoms with van der Waals surface area (Å²) in [5.74, 6) is 0.652. The highest BCUT2D eigenvalue weighted by Gasteiger charge is 2.27. The highest BCUT2D eigenvalue weighted by molar-refractivity contribution is 7.20. The molecule has 0 saturated heterocycles. The second-order valence-corrected chi connectivity index (χ2v) is 6.75. The maximum atomic E-state index is 11.7. The van der Waals surface area contributed by atoms with Gasteiger partial charge in [-0.2, -0.15) is 5.26 Å². The minimum atomic E-state index is -0.667. The van der Waals surface area contributed by atoms with Gasteiger partial charge in [-0.05, 0) is 17.7 Å². The van der Waals surface area contributed by atoms with Crippen molar-refractivity contribution < 1.29 is 24.0 Å². The number of thiophene rings is 1. The third-order valence-electron chi connectivity index (χ3n) is 4.25. The third kappa shape index (κ3) is 2.78. The quantitative estimate of drug-likeness (QED) is 0.585. The van der Waals surface area contributed by atoms with Gasteiger partial charge in [0.2, 0.25) is 5.75 Å². The maximum Gasteiger partial charge on any atom is 0.290 e. The summed E-state index contributed by atoms with van der Waals surface area (Å²) in [6.07, 6.45) is 0. The molecule has 7 N–H and O–H groups in total. The van der Waals surface area contributed by atoms with Gasteiger partial charge in [0.15, 0.2) is 16.3 Å². The van der Waals surface area contributed by atoms with Crippen molar-refractivity contribution in [2.24, 2.45) is 5.73 Å². The van der Waals surface area contributed by atoms with E-state index in [1.807, 2.05) is 0 Å². The summed E-state index contributed by atoms with van der Waals surface area (Å²) >= 11 is 1.07. The Morgan fingerprint density at radius 2 is 1.75 bits per heavy atom. The van der Waals surface area contributed by atoms with Gasteiger partial charge >= 0.3 is 0 Å². The first kappa shape index (κ1) is 19.1. The topological polar surface area (TPSA) is 161 Å². The maximum absolute atomic E-state index is 11.7. The van der Waals surface area contributed by atoms with Gasteiger partial charge in [0, 0.05) is 5.56 Å². The van der Waals surface area contributed by atoms with Crippen LogP contribution in [-0.2, 0) is 0 Å². The summed E-state index contributed by atoms with van der Waals surface area (Å²) in [4.78, 5) is 15.4. The van der Waals surface area contributed by atoms with E-state index in [-0.39, 0.29) is 21.9 Å². The molecule has 3 rings (SSSR count). The fourth-order valence-corrected chi connectivity index (χ4v) is 4.03. The van der Waals surface area contributed by atoms with Crippen LogP contribution in [-0.4, -0.2) is 27.2 Å². The first-order valence-electron chi connectivity index (χ1n) is 7.94. The Morgan fingerprint density at radius 3 is 2.21 bits per heavy atom. The number of nitriles is 1. The monoisotopic (exact) mass is 400 g/mol. The first-order chi connectivity index (χ1) is 13.4. The Balaban J connectivity index is 2.49. The zero-order valence-electron chi connectivity index (χ0n) is 15.4. The lowest BCUT2D eigenvalue weighted by molar-refractivity contribution is -0.323. The predicted molar refractivity (Wildman–Crippen MR) is 106 cm³/mol. The van der Waals surface area contributed by atoms with E-state index in [0.29, 0.717) is 38.6 Å². The van der Waals surface area contributed by atoms with Gasteiger partial charge in [-0.1, -0.05) is 11.3 Å². The minimum Gasteiger partial charge on any atom is -0.493 e. The Kier molecular flexibility index (Phi) is 4.85. The van der Waals surface area contributed by atoms with Crippen LogP contribution in [0.15, 0.2) is 12.1 Å². The number of carbonyl (C=O) groups excluding carboxylic acids is 1. The molecule has 10 heteroatoms. The number of hydrogen-bond acceptors (Lipinski definition) is 8. The van der Waals surface area contributed by atoms with E-state index in [1.54, 1.807) is 12.1 Å². The number of ether oxygens (including phenoxy) is 3. The number of aromatic amines is 1. The molecular weight excluding hydrogens is 382 g/mol. The Labute approximate surface area is 164 Å². The van der Waals surface area contributed by atoms with Crippen molar-refractivity contribution in [3.05, 3.63) is 22.6 Å². The number of aromatic nitrogens is 1. The number of pyridine rings is 1. The number of H-pyrrole nitrogens is 1. The number of methoxy groups -OCH3 is 3. The van der Waals surface area contributed by atoms with Crippen molar-refractivity contribution in [3.63, 3.8) is 0 Å². The number of rotatable bonds is 5. The number of benzene rings is 1. The average molecular weight is 400 g/mol. The van der Waals surface area contributed by atoms with Crippen molar-refractivity contribution in [2.45, 2.75) is 0 Å². The number of nitrogen functional groups attached to an aromatic ring is 2. The average Bonchev–Trinajstić information content (AvgIpc) is 3.01. The molecule has 0 atom stereocenters. The molecule has 3 aromatic rings. The normalized spacial score (nSPS) is 10.5. The van der Waals surface area contributed by atoms with E-state index in [2.05, 4.69) is 11.1 Å². The molecule has 28 heavy (non-hydrogen) atoms. The second-order valence-electron chi connectivity index (χ2n) is 5.73. The van der Waals surface area contributed by atoms with Crippen molar-refractivity contribution in [1.82, 2.24) is 0 Å². The second kappa shape index (κ2) is 7.13. The van der Waals surface area contributed by atoms with Crippen molar-refractivity contribution in [1.29, 1.82) is 5.26 Å². The molecule has 0 saturated carbocycles. The van der Waals surface area contributed by atoms with Crippen LogP contribution in [0, 0.1) is 11.3 Å². The molecule has 2 heterocycles. The number of amides is 1. The number of carbonyl (C=O) groups is 1. The molecular formula is C18H18N5O4S+. The number of hydrogen-bond donors (Lipinski definition) is 3. The molecule has 0 radical (unpaired) electrons. The molecule has 0 unspecified atom stereocenters. The molecule has 0 fully saturated rings. The van der Waals surface area contributed by atoms with E-state index >= 15 is 0 Å². The first-order valence-corrected chi connectivity index (χ1v) is 8.76. The van der Waals surface area contributed by atoms with Gasteiger partial charge in [-0.25, -0.2) is 4.98 Å². The van der Waals surface area contributed by atoms with Gasteiger partial charge in [-0.3, -0.25) is 10.5 Å². The van der Waals surface area contributed by atoms with Gasteiger partial charge in [0.25, 0.3) is 11.7 Å². The number of fused-ring (bicyclic) bond motifs is 1. The van der Waals surface area contributed by atoms with Crippen LogP contribution in [0.3, 0.4) is 0 Å². The third-order valence-corrected chi connectivity index (χ3v) is 5.39. The minimum absolute atomic E-state index is 0.135. The summed E-state index contributed by atoms with van der Waals surface area (Å²) < 4.78 is 16.1. The number of primary amides is 1. The molecule has 2 aromatic heterocycles. The number of nitrogens with two attached hydrogens (primary N) is 3. The van der Waals surface area contributed by atoms with Crippen LogP contribution in [0.25, 0.3) is 21.3 Å². The van der Waals surface area contributed by atoms with Crippen LogP contribution < -0.4 is 36.4 Å². The lowest BCUT2D eigenvalue weighted by Crippen LogP contribution is -2.14. The van der Waals surface area contributed by atoms with E-state index in [4.69, 9.17) is 31.4 Å². The van der Waals surface area contributed by atoms with E-state index in [0.717, 1.165) is 11.3 Å². The molecule has 0 aliphatic carbocycles. The van der Waals surface area contributed by atoms with Gasteiger partial charge in [0.1, 0.15) is 16.5 Å². The SMILES string of the molecule is COc1cc(-c2c(C#N)c(N)[nH+]c3sc(C(N)=O)c(N)c23)cc(OC)c1OC. The largest absolute Gasteiger partial charge is 0.493 e. The number of nitrogens with one attached hydrogen (secondary N) is 1. The Morgan fingerprint density at radius 1 is 1.14 bits per heavy atom. The fraction of sp³-hybridized carbons (Fsp3) is 0.167. The molecule has 0 spiro atoms. The summed E-state index contributed by atoms with van der Waals surface area (Å²) in [5, 5.41) is 10.2. The summed E-state index contributed by atoms with van der Waals surface area (Å²) in [5.41, 5.74) is 19.0.